The molecule has 0 amide bonds. The second-order valence-electron chi connectivity index (χ2n) is 9.17. The molecule has 8 heteroatoms. The van der Waals surface area contributed by atoms with Crippen molar-refractivity contribution in [3.63, 3.8) is 0 Å². The maximum atomic E-state index is 15.2. The zero-order valence-electron chi connectivity index (χ0n) is 20.0. The first kappa shape index (κ1) is 24.4. The first-order valence-electron chi connectivity index (χ1n) is 11.7. The summed E-state index contributed by atoms with van der Waals surface area (Å²) in [5, 5.41) is 0.347. The Morgan fingerprint density at radius 3 is 2.35 bits per heavy atom. The SMILES string of the molecule is CCOC(=O)c1cc2cc(F)c(C3CCN(C(C)C)CC3)cc2n1S(=O)(=O)c1ccc(C)cc1. The third-order valence-corrected chi connectivity index (χ3v) is 8.36. The molecule has 3 aromatic rings. The molecule has 0 bridgehead atoms. The smallest absolute Gasteiger partial charge is 0.356 e. The fraction of sp³-hybridized carbons (Fsp3) is 0.423. The van der Waals surface area contributed by atoms with Crippen molar-refractivity contribution >= 4 is 26.9 Å². The lowest BCUT2D eigenvalue weighted by molar-refractivity contribution is 0.0518. The highest BCUT2D eigenvalue weighted by atomic mass is 32.2. The number of aryl methyl sites for hydroxylation is 1. The summed E-state index contributed by atoms with van der Waals surface area (Å²) in [6, 6.07) is 11.2. The second kappa shape index (κ2) is 9.50. The van der Waals surface area contributed by atoms with Crippen molar-refractivity contribution in [3.8, 4) is 0 Å². The fourth-order valence-corrected chi connectivity index (χ4v) is 6.18. The molecule has 2 heterocycles. The lowest BCUT2D eigenvalue weighted by atomic mass is 9.88. The van der Waals surface area contributed by atoms with Gasteiger partial charge in [0.25, 0.3) is 10.0 Å². The Morgan fingerprint density at radius 1 is 1.12 bits per heavy atom. The molecule has 0 unspecified atom stereocenters. The van der Waals surface area contributed by atoms with Crippen molar-refractivity contribution in [2.75, 3.05) is 19.7 Å². The quantitative estimate of drug-likeness (QED) is 0.454. The van der Waals surface area contributed by atoms with E-state index in [1.54, 1.807) is 25.1 Å². The molecule has 182 valence electrons. The molecule has 0 saturated carbocycles. The van der Waals surface area contributed by atoms with Gasteiger partial charge in [0.15, 0.2) is 0 Å². The molecule has 4 rings (SSSR count). The molecule has 0 radical (unpaired) electrons. The molecule has 0 N–H and O–H groups in total. The Labute approximate surface area is 200 Å². The minimum Gasteiger partial charge on any atom is -0.461 e. The van der Waals surface area contributed by atoms with Gasteiger partial charge in [-0.2, -0.15) is 0 Å². The number of piperidine rings is 1. The molecule has 0 spiro atoms. The molecule has 1 aliphatic heterocycles. The van der Waals surface area contributed by atoms with E-state index >= 15 is 4.39 Å². The van der Waals surface area contributed by atoms with Gasteiger partial charge in [-0.25, -0.2) is 21.6 Å². The third-order valence-electron chi connectivity index (χ3n) is 6.62. The van der Waals surface area contributed by atoms with Gasteiger partial charge in [0.05, 0.1) is 17.0 Å². The van der Waals surface area contributed by atoms with Crippen LogP contribution in [0.3, 0.4) is 0 Å². The third kappa shape index (κ3) is 4.49. The molecule has 1 fully saturated rings. The molecular weight excluding hydrogens is 455 g/mol. The molecule has 34 heavy (non-hydrogen) atoms. The van der Waals surface area contributed by atoms with Crippen molar-refractivity contribution in [2.24, 2.45) is 0 Å². The largest absolute Gasteiger partial charge is 0.461 e. The number of halogens is 1. The molecule has 1 aliphatic rings. The Morgan fingerprint density at radius 2 is 1.76 bits per heavy atom. The summed E-state index contributed by atoms with van der Waals surface area (Å²) in [4.78, 5) is 15.1. The maximum absolute atomic E-state index is 15.2. The van der Waals surface area contributed by atoms with E-state index in [0.717, 1.165) is 35.5 Å². The lowest BCUT2D eigenvalue weighted by Crippen LogP contribution is -2.38. The fourth-order valence-electron chi connectivity index (χ4n) is 4.68. The number of ether oxygens (including phenoxy) is 1. The number of fused-ring (bicyclic) bond motifs is 1. The number of aromatic nitrogens is 1. The van der Waals surface area contributed by atoms with Crippen LogP contribution in [-0.4, -0.2) is 49.0 Å². The summed E-state index contributed by atoms with van der Waals surface area (Å²) in [5.41, 5.74) is 1.55. The summed E-state index contributed by atoms with van der Waals surface area (Å²) < 4.78 is 48.8. The van der Waals surface area contributed by atoms with Crippen LogP contribution in [0.25, 0.3) is 10.9 Å². The molecule has 1 aromatic heterocycles. The average molecular weight is 487 g/mol. The van der Waals surface area contributed by atoms with E-state index in [2.05, 4.69) is 18.7 Å². The van der Waals surface area contributed by atoms with Crippen molar-refractivity contribution < 1.29 is 22.3 Å². The Kier molecular flexibility index (Phi) is 6.82. The summed E-state index contributed by atoms with van der Waals surface area (Å²) in [5.74, 6) is -1.16. The summed E-state index contributed by atoms with van der Waals surface area (Å²) in [6.07, 6.45) is 1.58. The predicted octanol–water partition coefficient (Wildman–Crippen LogP) is 5.09. The van der Waals surface area contributed by atoms with Gasteiger partial charge in [-0.1, -0.05) is 17.7 Å². The number of esters is 1. The number of hydrogen-bond donors (Lipinski definition) is 0. The zero-order valence-corrected chi connectivity index (χ0v) is 20.9. The van der Waals surface area contributed by atoms with Crippen LogP contribution in [0.4, 0.5) is 4.39 Å². The normalized spacial score (nSPS) is 15.8. The number of carbonyl (C=O) groups excluding carboxylic acids is 1. The van der Waals surface area contributed by atoms with Crippen molar-refractivity contribution in [3.05, 3.63) is 65.1 Å². The van der Waals surface area contributed by atoms with Crippen molar-refractivity contribution in [2.45, 2.75) is 57.4 Å². The summed E-state index contributed by atoms with van der Waals surface area (Å²) >= 11 is 0. The van der Waals surface area contributed by atoms with Crippen LogP contribution in [0, 0.1) is 12.7 Å². The molecular formula is C26H31FN2O4S. The van der Waals surface area contributed by atoms with Gasteiger partial charge in [-0.05, 0) is 95.4 Å². The first-order chi connectivity index (χ1) is 16.1. The average Bonchev–Trinajstić information content (AvgIpc) is 3.18. The molecule has 0 aliphatic carbocycles. The standard InChI is InChI=1S/C26H31FN2O4S/c1-5-33-26(30)25-15-20-14-23(27)22(19-10-12-28(13-11-19)17(2)3)16-24(20)29(25)34(31,32)21-8-6-18(4)7-9-21/h6-9,14-17,19H,5,10-13H2,1-4H3. The highest BCUT2D eigenvalue weighted by molar-refractivity contribution is 7.90. The van der Waals surface area contributed by atoms with E-state index in [0.29, 0.717) is 17.0 Å². The number of carbonyl (C=O) groups is 1. The van der Waals surface area contributed by atoms with Crippen LogP contribution in [0.1, 0.15) is 61.1 Å². The van der Waals surface area contributed by atoms with Gasteiger partial charge in [-0.3, -0.25) is 0 Å². The Bertz CT molecular complexity index is 1300. The van der Waals surface area contributed by atoms with Crippen LogP contribution < -0.4 is 0 Å². The zero-order chi connectivity index (χ0) is 24.6. The first-order valence-corrected chi connectivity index (χ1v) is 13.2. The van der Waals surface area contributed by atoms with Crippen LogP contribution >= 0.6 is 0 Å². The van der Waals surface area contributed by atoms with Gasteiger partial charge in [0.1, 0.15) is 11.5 Å². The number of rotatable bonds is 6. The molecule has 6 nitrogen and oxygen atoms in total. The second-order valence-corrected chi connectivity index (χ2v) is 11.0. The summed E-state index contributed by atoms with van der Waals surface area (Å²) in [7, 11) is -4.13. The van der Waals surface area contributed by atoms with Gasteiger partial charge >= 0.3 is 5.97 Å². The number of hydrogen-bond acceptors (Lipinski definition) is 5. The van der Waals surface area contributed by atoms with Gasteiger partial charge in [0.2, 0.25) is 0 Å². The van der Waals surface area contributed by atoms with Crippen molar-refractivity contribution in [1.82, 2.24) is 8.87 Å². The van der Waals surface area contributed by atoms with Gasteiger partial charge < -0.3 is 9.64 Å². The minimum atomic E-state index is -4.13. The Balaban J connectivity index is 1.87. The molecule has 2 aromatic carbocycles. The van der Waals surface area contributed by atoms with Crippen LogP contribution in [0.2, 0.25) is 0 Å². The van der Waals surface area contributed by atoms with E-state index in [9.17, 15) is 13.2 Å². The molecule has 0 atom stereocenters. The highest BCUT2D eigenvalue weighted by Crippen LogP contribution is 2.35. The van der Waals surface area contributed by atoms with Gasteiger partial charge in [0, 0.05) is 11.4 Å². The van der Waals surface area contributed by atoms with E-state index in [4.69, 9.17) is 4.74 Å². The maximum Gasteiger partial charge on any atom is 0.356 e. The van der Waals surface area contributed by atoms with E-state index in [1.165, 1.54) is 24.3 Å². The van der Waals surface area contributed by atoms with Crippen LogP contribution in [0.15, 0.2) is 47.4 Å². The Hall–Kier alpha value is -2.71. The van der Waals surface area contributed by atoms with E-state index in [1.807, 2.05) is 6.92 Å². The molecule has 1 saturated heterocycles. The summed E-state index contributed by atoms with van der Waals surface area (Å²) in [6.45, 7) is 9.62. The highest BCUT2D eigenvalue weighted by Gasteiger charge is 2.30. The number of nitrogens with zero attached hydrogens (tertiary/aromatic N) is 2. The van der Waals surface area contributed by atoms with Crippen LogP contribution in [-0.2, 0) is 14.8 Å². The monoisotopic (exact) mass is 486 g/mol. The lowest BCUT2D eigenvalue weighted by Gasteiger charge is -2.34. The number of likely N-dealkylation sites (tertiary alicyclic amines) is 1. The van der Waals surface area contributed by atoms with Crippen LogP contribution in [0.5, 0.6) is 0 Å². The minimum absolute atomic E-state index is 0.0177. The van der Waals surface area contributed by atoms with Crippen molar-refractivity contribution in [1.29, 1.82) is 0 Å². The van der Waals surface area contributed by atoms with Gasteiger partial charge in [-0.15, -0.1) is 0 Å². The topological polar surface area (TPSA) is 68.6 Å². The predicted molar refractivity (Wildman–Crippen MR) is 130 cm³/mol. The number of benzene rings is 2. The van der Waals surface area contributed by atoms with E-state index < -0.39 is 16.0 Å². The van der Waals surface area contributed by atoms with E-state index in [-0.39, 0.29) is 34.4 Å².